The monoisotopic (exact) mass is 519 g/mol. The van der Waals surface area contributed by atoms with Crippen LogP contribution < -0.4 is 4.90 Å². The minimum Gasteiger partial charge on any atom is -0.378 e. The summed E-state index contributed by atoms with van der Waals surface area (Å²) in [6, 6.07) is 12.6. The van der Waals surface area contributed by atoms with Crippen LogP contribution in [0.5, 0.6) is 0 Å². The number of hydrogen-bond donors (Lipinski definition) is 0. The molecule has 5 nitrogen and oxygen atoms in total. The van der Waals surface area contributed by atoms with Crippen LogP contribution in [-0.2, 0) is 5.41 Å². The third-order valence-corrected chi connectivity index (χ3v) is 8.03. The van der Waals surface area contributed by atoms with E-state index in [2.05, 4.69) is 92.1 Å². The number of hydrogen-bond acceptors (Lipinski definition) is 7. The molecule has 0 aliphatic rings. The van der Waals surface area contributed by atoms with Crippen molar-refractivity contribution in [3.8, 4) is 16.4 Å². The number of nitrogens with zero attached hydrogens (tertiary/aromatic N) is 5. The van der Waals surface area contributed by atoms with Crippen LogP contribution in [0, 0.1) is 0 Å². The van der Waals surface area contributed by atoms with E-state index in [0.29, 0.717) is 0 Å². The molecule has 0 saturated carbocycles. The quantitative estimate of drug-likeness (QED) is 0.292. The molecule has 0 aliphatic carbocycles. The lowest BCUT2D eigenvalue weighted by molar-refractivity contribution is 0.566. The zero-order valence-electron chi connectivity index (χ0n) is 17.4. The molecule has 156 valence electrons. The Morgan fingerprint density at radius 1 is 1.07 bits per heavy atom. The molecular formula is C21H22BrN5S3. The molecule has 0 saturated heterocycles. The van der Waals surface area contributed by atoms with Gasteiger partial charge in [0.1, 0.15) is 0 Å². The smallest absolute Gasteiger partial charge is 0.203 e. The first kappa shape index (κ1) is 21.5. The Kier molecular flexibility index (Phi) is 6.07. The highest BCUT2D eigenvalue weighted by Crippen LogP contribution is 2.41. The van der Waals surface area contributed by atoms with Crippen molar-refractivity contribution in [1.29, 1.82) is 0 Å². The highest BCUT2D eigenvalue weighted by Gasteiger charge is 2.24. The number of anilines is 1. The van der Waals surface area contributed by atoms with Gasteiger partial charge in [-0.15, -0.1) is 21.5 Å². The third-order valence-electron chi connectivity index (χ3n) is 4.45. The highest BCUT2D eigenvalue weighted by atomic mass is 79.9. The maximum absolute atomic E-state index is 4.87. The first-order valence-electron chi connectivity index (χ1n) is 9.36. The van der Waals surface area contributed by atoms with Crippen LogP contribution >= 0.6 is 50.4 Å². The second-order valence-electron chi connectivity index (χ2n) is 7.98. The van der Waals surface area contributed by atoms with Gasteiger partial charge in [0.2, 0.25) is 5.16 Å². The van der Waals surface area contributed by atoms with E-state index in [1.54, 1.807) is 34.4 Å². The van der Waals surface area contributed by atoms with E-state index in [1.165, 1.54) is 0 Å². The van der Waals surface area contributed by atoms with Crippen LogP contribution in [0.2, 0.25) is 0 Å². The molecule has 30 heavy (non-hydrogen) atoms. The van der Waals surface area contributed by atoms with Gasteiger partial charge in [-0.1, -0.05) is 38.2 Å². The van der Waals surface area contributed by atoms with E-state index >= 15 is 0 Å². The standard InChI is InChI=1S/C21H22BrN5S3/c1-21(2,3)16-17(22)29-20(23-16)30-19-25-24-18(15-7-6-12-28-15)27(19)14-10-8-13(9-11-14)26(4)5/h6-12H,1-5H3. The van der Waals surface area contributed by atoms with E-state index in [-0.39, 0.29) is 5.41 Å². The summed E-state index contributed by atoms with van der Waals surface area (Å²) in [6.07, 6.45) is 0. The summed E-state index contributed by atoms with van der Waals surface area (Å²) in [7, 11) is 4.08. The summed E-state index contributed by atoms with van der Waals surface area (Å²) < 4.78 is 4.13. The van der Waals surface area contributed by atoms with Crippen LogP contribution in [0.3, 0.4) is 0 Å². The van der Waals surface area contributed by atoms with E-state index < -0.39 is 0 Å². The van der Waals surface area contributed by atoms with Gasteiger partial charge in [0, 0.05) is 30.9 Å². The fourth-order valence-electron chi connectivity index (χ4n) is 2.90. The van der Waals surface area contributed by atoms with Crippen molar-refractivity contribution in [2.24, 2.45) is 0 Å². The Labute approximate surface area is 197 Å². The highest BCUT2D eigenvalue weighted by molar-refractivity contribution is 9.11. The number of rotatable bonds is 5. The lowest BCUT2D eigenvalue weighted by atomic mass is 9.93. The van der Waals surface area contributed by atoms with E-state index in [9.17, 15) is 0 Å². The Morgan fingerprint density at radius 3 is 2.37 bits per heavy atom. The van der Waals surface area contributed by atoms with E-state index in [1.807, 2.05) is 20.2 Å². The minimum absolute atomic E-state index is 0.0219. The van der Waals surface area contributed by atoms with Crippen molar-refractivity contribution in [2.45, 2.75) is 35.7 Å². The third kappa shape index (κ3) is 4.34. The second kappa shape index (κ2) is 8.45. The lowest BCUT2D eigenvalue weighted by Crippen LogP contribution is -2.12. The fourth-order valence-corrected chi connectivity index (χ4v) is 7.10. The summed E-state index contributed by atoms with van der Waals surface area (Å²) in [5.74, 6) is 0.844. The molecule has 4 rings (SSSR count). The summed E-state index contributed by atoms with van der Waals surface area (Å²) >= 11 is 8.53. The molecule has 0 amide bonds. The van der Waals surface area contributed by atoms with Crippen molar-refractivity contribution in [3.05, 3.63) is 51.3 Å². The predicted molar refractivity (Wildman–Crippen MR) is 132 cm³/mol. The molecule has 0 atom stereocenters. The molecule has 0 unspecified atom stereocenters. The number of thiophene rings is 1. The summed E-state index contributed by atoms with van der Waals surface area (Å²) in [5, 5.41) is 11.9. The molecule has 0 N–H and O–H groups in total. The predicted octanol–water partition coefficient (Wildman–Crippen LogP) is 6.73. The van der Waals surface area contributed by atoms with Crippen LogP contribution in [0.15, 0.2) is 55.1 Å². The Bertz CT molecular complexity index is 1140. The van der Waals surface area contributed by atoms with E-state index in [0.717, 1.165) is 41.1 Å². The largest absolute Gasteiger partial charge is 0.378 e. The van der Waals surface area contributed by atoms with Crippen LogP contribution in [-0.4, -0.2) is 33.8 Å². The molecule has 4 aromatic rings. The van der Waals surface area contributed by atoms with Crippen LogP contribution in [0.4, 0.5) is 5.69 Å². The number of benzene rings is 1. The molecule has 3 heterocycles. The van der Waals surface area contributed by atoms with Gasteiger partial charge >= 0.3 is 0 Å². The molecule has 0 fully saturated rings. The maximum atomic E-state index is 4.87. The van der Waals surface area contributed by atoms with Gasteiger partial charge in [-0.25, -0.2) is 4.98 Å². The second-order valence-corrected chi connectivity index (χ2v) is 12.5. The molecular weight excluding hydrogens is 498 g/mol. The van der Waals surface area contributed by atoms with Crippen LogP contribution in [0.1, 0.15) is 26.5 Å². The van der Waals surface area contributed by atoms with Gasteiger partial charge in [-0.2, -0.15) is 0 Å². The van der Waals surface area contributed by atoms with Crippen molar-refractivity contribution < 1.29 is 0 Å². The van der Waals surface area contributed by atoms with Gasteiger partial charge < -0.3 is 4.90 Å². The Balaban J connectivity index is 1.77. The number of thiazole rings is 1. The maximum Gasteiger partial charge on any atom is 0.203 e. The Hall–Kier alpha value is -1.68. The van der Waals surface area contributed by atoms with Crippen molar-refractivity contribution in [1.82, 2.24) is 19.7 Å². The SMILES string of the molecule is CN(C)c1ccc(-n2c(Sc3nc(C(C)(C)C)c(Br)s3)nnc2-c2cccs2)cc1. The molecule has 9 heteroatoms. The molecule has 0 radical (unpaired) electrons. The summed E-state index contributed by atoms with van der Waals surface area (Å²) in [4.78, 5) is 8.04. The average molecular weight is 521 g/mol. The first-order chi connectivity index (χ1) is 14.2. The van der Waals surface area contributed by atoms with Crippen molar-refractivity contribution in [3.63, 3.8) is 0 Å². The Morgan fingerprint density at radius 2 is 1.80 bits per heavy atom. The zero-order chi connectivity index (χ0) is 21.5. The molecule has 3 aromatic heterocycles. The molecule has 0 aliphatic heterocycles. The number of halogens is 1. The van der Waals surface area contributed by atoms with Crippen molar-refractivity contribution in [2.75, 3.05) is 19.0 Å². The van der Waals surface area contributed by atoms with Crippen LogP contribution in [0.25, 0.3) is 16.4 Å². The van der Waals surface area contributed by atoms with Gasteiger partial charge in [-0.3, -0.25) is 4.57 Å². The summed E-state index contributed by atoms with van der Waals surface area (Å²) in [5.41, 5.74) is 3.22. The molecule has 1 aromatic carbocycles. The molecule has 0 spiro atoms. The van der Waals surface area contributed by atoms with Gasteiger partial charge in [0.25, 0.3) is 0 Å². The van der Waals surface area contributed by atoms with E-state index in [4.69, 9.17) is 4.98 Å². The fraction of sp³-hybridized carbons (Fsp3) is 0.286. The van der Waals surface area contributed by atoms with Gasteiger partial charge in [0.15, 0.2) is 10.2 Å². The zero-order valence-corrected chi connectivity index (χ0v) is 21.4. The topological polar surface area (TPSA) is 46.8 Å². The average Bonchev–Trinajstić information content (AvgIpc) is 3.41. The lowest BCUT2D eigenvalue weighted by Gasteiger charge is -2.15. The van der Waals surface area contributed by atoms with Gasteiger partial charge in [0.05, 0.1) is 14.4 Å². The number of aromatic nitrogens is 4. The normalized spacial score (nSPS) is 11.8. The first-order valence-corrected chi connectivity index (χ1v) is 12.7. The summed E-state index contributed by atoms with van der Waals surface area (Å²) in [6.45, 7) is 6.51. The van der Waals surface area contributed by atoms with Gasteiger partial charge in [-0.05, 0) is 63.4 Å². The molecule has 0 bridgehead atoms. The van der Waals surface area contributed by atoms with Crippen molar-refractivity contribution >= 4 is 56.1 Å². The minimum atomic E-state index is -0.0219.